The molecule has 1 aliphatic carbocycles. The molecule has 0 spiro atoms. The number of furan rings is 1. The molecule has 0 bridgehead atoms. The van der Waals surface area contributed by atoms with Gasteiger partial charge in [0.15, 0.2) is 0 Å². The van der Waals surface area contributed by atoms with Crippen LogP contribution in [-0.4, -0.2) is 35.0 Å². The van der Waals surface area contributed by atoms with E-state index in [4.69, 9.17) is 9.52 Å². The number of hydrogen-bond donors (Lipinski definition) is 2. The second-order valence-corrected chi connectivity index (χ2v) is 6.53. The molecular weight excluding hydrogens is 280 g/mol. The highest BCUT2D eigenvalue weighted by molar-refractivity contribution is 5.81. The number of carbonyl (C=O) groups excluding carboxylic acids is 1. The summed E-state index contributed by atoms with van der Waals surface area (Å²) in [6.45, 7) is 4.56. The van der Waals surface area contributed by atoms with E-state index in [2.05, 4.69) is 17.1 Å². The van der Waals surface area contributed by atoms with Gasteiger partial charge in [-0.3, -0.25) is 4.79 Å². The Kier molecular flexibility index (Phi) is 4.84. The molecule has 5 nitrogen and oxygen atoms in total. The lowest BCUT2D eigenvalue weighted by Crippen LogP contribution is -2.51. The summed E-state index contributed by atoms with van der Waals surface area (Å²) in [5.74, 6) is 2.66. The molecule has 2 aliphatic rings. The molecule has 2 atom stereocenters. The first-order valence-corrected chi connectivity index (χ1v) is 8.42. The molecule has 1 aromatic heterocycles. The van der Waals surface area contributed by atoms with Crippen LogP contribution in [0.4, 0.5) is 0 Å². The average Bonchev–Trinajstić information content (AvgIpc) is 3.30. The summed E-state index contributed by atoms with van der Waals surface area (Å²) in [5.41, 5.74) is 0. The van der Waals surface area contributed by atoms with Crippen LogP contribution in [-0.2, 0) is 17.9 Å². The zero-order chi connectivity index (χ0) is 15.5. The fraction of sp³-hybridized carbons (Fsp3) is 0.706. The molecule has 1 aliphatic heterocycles. The quantitative estimate of drug-likeness (QED) is 0.842. The van der Waals surface area contributed by atoms with Gasteiger partial charge in [0.05, 0.1) is 6.54 Å². The van der Waals surface area contributed by atoms with Crippen molar-refractivity contribution in [1.29, 1.82) is 0 Å². The Balaban J connectivity index is 1.51. The lowest BCUT2D eigenvalue weighted by molar-refractivity contribution is -0.134. The Hall–Kier alpha value is -1.33. The summed E-state index contributed by atoms with van der Waals surface area (Å²) in [5, 5.41) is 12.6. The molecule has 122 valence electrons. The van der Waals surface area contributed by atoms with E-state index in [1.165, 1.54) is 0 Å². The molecule has 0 aromatic carbocycles. The standard InChI is InChI=1S/C17H26N2O3/c1-2-12-10-19(17(21)13-3-4-13)8-7-16(12)18-9-14-5-6-15(11-20)22-14/h5-6,12-13,16,18,20H,2-4,7-11H2,1H3/t12-,16-/m1/s1. The second kappa shape index (κ2) is 6.84. The van der Waals surface area contributed by atoms with Gasteiger partial charge in [0, 0.05) is 25.0 Å². The van der Waals surface area contributed by atoms with Crippen LogP contribution >= 0.6 is 0 Å². The first kappa shape index (κ1) is 15.6. The van der Waals surface area contributed by atoms with Crippen LogP contribution < -0.4 is 5.32 Å². The van der Waals surface area contributed by atoms with Gasteiger partial charge in [-0.05, 0) is 37.3 Å². The number of hydrogen-bond acceptors (Lipinski definition) is 4. The largest absolute Gasteiger partial charge is 0.462 e. The number of nitrogens with zero attached hydrogens (tertiary/aromatic N) is 1. The lowest BCUT2D eigenvalue weighted by atomic mass is 9.89. The van der Waals surface area contributed by atoms with Crippen LogP contribution in [0.1, 0.15) is 44.1 Å². The van der Waals surface area contributed by atoms with Crippen molar-refractivity contribution in [3.63, 3.8) is 0 Å². The van der Waals surface area contributed by atoms with E-state index in [0.29, 0.717) is 36.1 Å². The van der Waals surface area contributed by atoms with E-state index >= 15 is 0 Å². The van der Waals surface area contributed by atoms with Gasteiger partial charge in [0.2, 0.25) is 5.91 Å². The van der Waals surface area contributed by atoms with Crippen molar-refractivity contribution in [3.05, 3.63) is 23.7 Å². The topological polar surface area (TPSA) is 65.7 Å². The highest BCUT2D eigenvalue weighted by atomic mass is 16.4. The molecule has 0 radical (unpaired) electrons. The van der Waals surface area contributed by atoms with Crippen LogP contribution in [0.15, 0.2) is 16.5 Å². The number of piperidine rings is 1. The van der Waals surface area contributed by atoms with Gasteiger partial charge < -0.3 is 19.7 Å². The fourth-order valence-corrected chi connectivity index (χ4v) is 3.34. The predicted octanol–water partition coefficient (Wildman–Crippen LogP) is 1.90. The SMILES string of the molecule is CC[C@@H]1CN(C(=O)C2CC2)CC[C@H]1NCc1ccc(CO)o1. The average molecular weight is 306 g/mol. The van der Waals surface area contributed by atoms with Gasteiger partial charge in [-0.15, -0.1) is 0 Å². The summed E-state index contributed by atoms with van der Waals surface area (Å²) in [7, 11) is 0. The minimum atomic E-state index is -0.0563. The summed E-state index contributed by atoms with van der Waals surface area (Å²) in [6.07, 6.45) is 4.25. The van der Waals surface area contributed by atoms with Crippen LogP contribution in [0.5, 0.6) is 0 Å². The van der Waals surface area contributed by atoms with Gasteiger partial charge in [0.1, 0.15) is 18.1 Å². The molecule has 2 fully saturated rings. The van der Waals surface area contributed by atoms with Crippen molar-refractivity contribution >= 4 is 5.91 Å². The van der Waals surface area contributed by atoms with Gasteiger partial charge in [-0.2, -0.15) is 0 Å². The monoisotopic (exact) mass is 306 g/mol. The third-order valence-electron chi connectivity index (χ3n) is 4.91. The Bertz CT molecular complexity index is 510. The minimum Gasteiger partial charge on any atom is -0.462 e. The van der Waals surface area contributed by atoms with Gasteiger partial charge in [0.25, 0.3) is 0 Å². The first-order chi connectivity index (χ1) is 10.7. The maximum Gasteiger partial charge on any atom is 0.225 e. The molecule has 1 saturated heterocycles. The van der Waals surface area contributed by atoms with E-state index in [9.17, 15) is 4.79 Å². The van der Waals surface area contributed by atoms with Crippen molar-refractivity contribution in [3.8, 4) is 0 Å². The normalized spacial score (nSPS) is 25.5. The fourth-order valence-electron chi connectivity index (χ4n) is 3.34. The highest BCUT2D eigenvalue weighted by Crippen LogP contribution is 2.33. The summed E-state index contributed by atoms with van der Waals surface area (Å²) < 4.78 is 5.51. The van der Waals surface area contributed by atoms with Crippen LogP contribution in [0.25, 0.3) is 0 Å². The van der Waals surface area contributed by atoms with Crippen molar-refractivity contribution in [2.45, 2.75) is 51.8 Å². The summed E-state index contributed by atoms with van der Waals surface area (Å²) in [4.78, 5) is 14.3. The van der Waals surface area contributed by atoms with E-state index in [0.717, 1.165) is 44.5 Å². The first-order valence-electron chi connectivity index (χ1n) is 8.42. The Morgan fingerprint density at radius 1 is 1.36 bits per heavy atom. The molecule has 3 rings (SSSR count). The van der Waals surface area contributed by atoms with E-state index < -0.39 is 0 Å². The Morgan fingerprint density at radius 2 is 2.14 bits per heavy atom. The Labute approximate surface area is 131 Å². The smallest absolute Gasteiger partial charge is 0.225 e. The van der Waals surface area contributed by atoms with E-state index in [1.807, 2.05) is 12.1 Å². The third-order valence-corrected chi connectivity index (χ3v) is 4.91. The molecule has 1 saturated carbocycles. The van der Waals surface area contributed by atoms with E-state index in [1.54, 1.807) is 0 Å². The molecule has 5 heteroatoms. The minimum absolute atomic E-state index is 0.0563. The number of likely N-dealkylation sites (tertiary alicyclic amines) is 1. The number of aliphatic hydroxyl groups is 1. The van der Waals surface area contributed by atoms with Gasteiger partial charge in [-0.1, -0.05) is 13.3 Å². The van der Waals surface area contributed by atoms with Crippen LogP contribution in [0, 0.1) is 11.8 Å². The number of rotatable bonds is 6. The van der Waals surface area contributed by atoms with Crippen molar-refractivity contribution in [2.24, 2.45) is 11.8 Å². The van der Waals surface area contributed by atoms with Crippen molar-refractivity contribution in [1.82, 2.24) is 10.2 Å². The number of nitrogens with one attached hydrogen (secondary N) is 1. The summed E-state index contributed by atoms with van der Waals surface area (Å²) >= 11 is 0. The molecule has 2 heterocycles. The molecule has 1 aromatic rings. The molecular formula is C17H26N2O3. The van der Waals surface area contributed by atoms with Gasteiger partial charge >= 0.3 is 0 Å². The maximum atomic E-state index is 12.2. The zero-order valence-electron chi connectivity index (χ0n) is 13.3. The second-order valence-electron chi connectivity index (χ2n) is 6.53. The zero-order valence-corrected chi connectivity index (χ0v) is 13.3. The van der Waals surface area contributed by atoms with Crippen LogP contribution in [0.2, 0.25) is 0 Å². The number of aliphatic hydroxyl groups excluding tert-OH is 1. The van der Waals surface area contributed by atoms with Crippen LogP contribution in [0.3, 0.4) is 0 Å². The highest BCUT2D eigenvalue weighted by Gasteiger charge is 2.37. The number of carbonyl (C=O) groups is 1. The van der Waals surface area contributed by atoms with Crippen molar-refractivity contribution < 1.29 is 14.3 Å². The van der Waals surface area contributed by atoms with Gasteiger partial charge in [-0.25, -0.2) is 0 Å². The Morgan fingerprint density at radius 3 is 2.77 bits per heavy atom. The number of amides is 1. The maximum absolute atomic E-state index is 12.2. The molecule has 22 heavy (non-hydrogen) atoms. The third kappa shape index (κ3) is 3.52. The lowest BCUT2D eigenvalue weighted by Gasteiger charge is -2.39. The molecule has 0 unspecified atom stereocenters. The molecule has 1 amide bonds. The van der Waals surface area contributed by atoms with Crippen molar-refractivity contribution in [2.75, 3.05) is 13.1 Å². The van der Waals surface area contributed by atoms with E-state index in [-0.39, 0.29) is 6.61 Å². The molecule has 2 N–H and O–H groups in total. The summed E-state index contributed by atoms with van der Waals surface area (Å²) in [6, 6.07) is 4.15. The predicted molar refractivity (Wildman–Crippen MR) is 83.0 cm³/mol.